The lowest BCUT2D eigenvalue weighted by Gasteiger charge is -2.02. The summed E-state index contributed by atoms with van der Waals surface area (Å²) in [6, 6.07) is 9.62. The van der Waals surface area contributed by atoms with Crippen molar-refractivity contribution in [3.63, 3.8) is 0 Å². The van der Waals surface area contributed by atoms with Gasteiger partial charge in [-0.2, -0.15) is 5.16 Å². The largest absolute Gasteiger partial charge is 0.383 e. The van der Waals surface area contributed by atoms with Crippen molar-refractivity contribution in [2.24, 2.45) is 0 Å². The zero-order chi connectivity index (χ0) is 10.7. The zero-order valence-corrected chi connectivity index (χ0v) is 9.14. The third-order valence-corrected chi connectivity index (χ3v) is 3.24. The van der Waals surface area contributed by atoms with Crippen molar-refractivity contribution in [3.05, 3.63) is 52.0 Å². The average Bonchev–Trinajstić information content (AvgIpc) is 2.63. The van der Waals surface area contributed by atoms with E-state index in [9.17, 15) is 4.79 Å². The van der Waals surface area contributed by atoms with E-state index >= 15 is 0 Å². The Balaban J connectivity index is 2.05. The second kappa shape index (κ2) is 4.40. The molecule has 1 heterocycles. The molecule has 0 saturated carbocycles. The molecule has 1 aromatic heterocycles. The highest BCUT2D eigenvalue weighted by molar-refractivity contribution is 7.98. The molecule has 0 aliphatic carbocycles. The quantitative estimate of drug-likeness (QED) is 0.810. The molecule has 2 rings (SSSR count). The van der Waals surface area contributed by atoms with Gasteiger partial charge in [0.1, 0.15) is 5.76 Å². The van der Waals surface area contributed by atoms with Crippen LogP contribution in [0.5, 0.6) is 0 Å². The predicted octanol–water partition coefficient (Wildman–Crippen LogP) is 2.57. The molecule has 1 aromatic carbocycles. The maximum absolute atomic E-state index is 10.8. The van der Waals surface area contributed by atoms with Gasteiger partial charge in [-0.1, -0.05) is 18.2 Å². The highest BCUT2D eigenvalue weighted by Gasteiger charge is 2.02. The van der Waals surface area contributed by atoms with E-state index in [2.05, 4.69) is 24.2 Å². The first-order chi connectivity index (χ1) is 7.25. The number of aromatic amines is 1. The van der Waals surface area contributed by atoms with Gasteiger partial charge >= 0.3 is 0 Å². The number of thioether (sulfide) groups is 1. The fourth-order valence-corrected chi connectivity index (χ4v) is 2.17. The zero-order valence-electron chi connectivity index (χ0n) is 8.32. The molecule has 0 fully saturated rings. The molecule has 0 bridgehead atoms. The topological polar surface area (TPSA) is 46.0 Å². The second-order valence-electron chi connectivity index (χ2n) is 3.23. The molecule has 1 N–H and O–H groups in total. The number of hydrogen-bond donors (Lipinski definition) is 1. The molecule has 78 valence electrons. The van der Waals surface area contributed by atoms with E-state index in [1.54, 1.807) is 11.8 Å². The molecule has 0 radical (unpaired) electrons. The maximum Gasteiger partial charge on any atom is 0.280 e. The van der Waals surface area contributed by atoms with Gasteiger partial charge in [-0.05, 0) is 18.6 Å². The van der Waals surface area contributed by atoms with Crippen molar-refractivity contribution in [1.29, 1.82) is 0 Å². The second-order valence-corrected chi connectivity index (χ2v) is 4.25. The molecule has 4 heteroatoms. The van der Waals surface area contributed by atoms with Crippen molar-refractivity contribution in [2.75, 3.05) is 0 Å². The van der Waals surface area contributed by atoms with Crippen LogP contribution < -0.4 is 5.56 Å². The number of rotatable bonds is 3. The predicted molar refractivity (Wildman–Crippen MR) is 60.1 cm³/mol. The van der Waals surface area contributed by atoms with Gasteiger partial charge in [-0.25, -0.2) is 0 Å². The lowest BCUT2D eigenvalue weighted by atomic mass is 10.2. The van der Waals surface area contributed by atoms with Crippen molar-refractivity contribution in [2.45, 2.75) is 17.6 Å². The van der Waals surface area contributed by atoms with Crippen molar-refractivity contribution >= 4 is 11.8 Å². The van der Waals surface area contributed by atoms with E-state index in [4.69, 9.17) is 4.52 Å². The summed E-state index contributed by atoms with van der Waals surface area (Å²) in [4.78, 5) is 12.0. The Morgan fingerprint density at radius 2 is 2.20 bits per heavy atom. The average molecular weight is 221 g/mol. The Hall–Kier alpha value is -1.42. The summed E-state index contributed by atoms with van der Waals surface area (Å²) in [5, 5.41) is 2.28. The van der Waals surface area contributed by atoms with E-state index < -0.39 is 0 Å². The minimum absolute atomic E-state index is 0.185. The van der Waals surface area contributed by atoms with Crippen LogP contribution in [0.2, 0.25) is 0 Å². The van der Waals surface area contributed by atoms with Crippen molar-refractivity contribution in [1.82, 2.24) is 5.16 Å². The minimum Gasteiger partial charge on any atom is -0.383 e. The Morgan fingerprint density at radius 3 is 2.87 bits per heavy atom. The molecular weight excluding hydrogens is 210 g/mol. The molecule has 0 aliphatic heterocycles. The summed E-state index contributed by atoms with van der Waals surface area (Å²) >= 11 is 1.66. The van der Waals surface area contributed by atoms with Crippen molar-refractivity contribution < 1.29 is 4.52 Å². The van der Waals surface area contributed by atoms with Crippen LogP contribution in [0, 0.1) is 6.92 Å². The van der Waals surface area contributed by atoms with E-state index in [1.807, 2.05) is 12.1 Å². The van der Waals surface area contributed by atoms with Crippen LogP contribution in [0.1, 0.15) is 11.3 Å². The Kier molecular flexibility index (Phi) is 2.97. The van der Waals surface area contributed by atoms with Crippen LogP contribution in [0.15, 0.2) is 44.5 Å². The number of aryl methyl sites for hydroxylation is 1. The molecule has 0 saturated heterocycles. The monoisotopic (exact) mass is 221 g/mol. The Morgan fingerprint density at radius 1 is 1.40 bits per heavy atom. The molecule has 15 heavy (non-hydrogen) atoms. The van der Waals surface area contributed by atoms with Crippen LogP contribution >= 0.6 is 11.8 Å². The van der Waals surface area contributed by atoms with Gasteiger partial charge in [-0.15, -0.1) is 11.8 Å². The summed E-state index contributed by atoms with van der Waals surface area (Å²) < 4.78 is 4.97. The maximum atomic E-state index is 10.8. The van der Waals surface area contributed by atoms with Crippen LogP contribution in [0.3, 0.4) is 0 Å². The number of benzene rings is 1. The van der Waals surface area contributed by atoms with Gasteiger partial charge < -0.3 is 4.52 Å². The van der Waals surface area contributed by atoms with Gasteiger partial charge in [0.05, 0.1) is 5.75 Å². The molecule has 2 aromatic rings. The van der Waals surface area contributed by atoms with Crippen LogP contribution in [0.25, 0.3) is 0 Å². The van der Waals surface area contributed by atoms with E-state index in [1.165, 1.54) is 16.5 Å². The normalized spacial score (nSPS) is 10.5. The number of nitrogens with one attached hydrogen (secondary N) is 1. The highest BCUT2D eigenvalue weighted by atomic mass is 32.2. The summed E-state index contributed by atoms with van der Waals surface area (Å²) in [5.74, 6) is 1.34. The first kappa shape index (κ1) is 10.1. The fraction of sp³-hybridized carbons (Fsp3) is 0.182. The van der Waals surface area contributed by atoms with Gasteiger partial charge in [0, 0.05) is 11.0 Å². The molecular formula is C11H11NO2S. The van der Waals surface area contributed by atoms with E-state index in [0.717, 1.165) is 0 Å². The summed E-state index contributed by atoms with van der Waals surface area (Å²) in [5.41, 5.74) is 1.05. The molecule has 0 aliphatic rings. The third-order valence-electron chi connectivity index (χ3n) is 2.04. The van der Waals surface area contributed by atoms with Crippen LogP contribution in [-0.4, -0.2) is 5.16 Å². The summed E-state index contributed by atoms with van der Waals surface area (Å²) in [7, 11) is 0. The summed E-state index contributed by atoms with van der Waals surface area (Å²) in [6.45, 7) is 2.07. The fourth-order valence-electron chi connectivity index (χ4n) is 1.26. The first-order valence-corrected chi connectivity index (χ1v) is 5.60. The lowest BCUT2D eigenvalue weighted by Crippen LogP contribution is -1.92. The highest BCUT2D eigenvalue weighted by Crippen LogP contribution is 2.24. The SMILES string of the molecule is Cc1ccccc1SCc1cc(=O)[nH]o1. The van der Waals surface area contributed by atoms with Crippen molar-refractivity contribution in [3.8, 4) is 0 Å². The number of aromatic nitrogens is 1. The van der Waals surface area contributed by atoms with E-state index in [0.29, 0.717) is 11.5 Å². The summed E-state index contributed by atoms with van der Waals surface area (Å²) in [6.07, 6.45) is 0. The Labute approximate surface area is 91.5 Å². The molecule has 0 amide bonds. The minimum atomic E-state index is -0.185. The molecule has 3 nitrogen and oxygen atoms in total. The smallest absolute Gasteiger partial charge is 0.280 e. The van der Waals surface area contributed by atoms with Crippen LogP contribution in [0.4, 0.5) is 0 Å². The van der Waals surface area contributed by atoms with E-state index in [-0.39, 0.29) is 5.56 Å². The Bertz CT molecular complexity index is 501. The standard InChI is InChI=1S/C11H11NO2S/c1-8-4-2-3-5-10(8)15-7-9-6-11(13)12-14-9/h2-6H,7H2,1H3,(H,12,13). The van der Waals surface area contributed by atoms with Gasteiger partial charge in [0.15, 0.2) is 0 Å². The molecule has 0 unspecified atom stereocenters. The lowest BCUT2D eigenvalue weighted by molar-refractivity contribution is 0.390. The molecule has 0 atom stereocenters. The molecule has 0 spiro atoms. The third kappa shape index (κ3) is 2.53. The van der Waals surface area contributed by atoms with Gasteiger partial charge in [0.25, 0.3) is 5.56 Å². The van der Waals surface area contributed by atoms with Crippen LogP contribution in [-0.2, 0) is 5.75 Å². The first-order valence-electron chi connectivity index (χ1n) is 4.61. The van der Waals surface area contributed by atoms with Gasteiger partial charge in [-0.3, -0.25) is 4.79 Å². The number of H-pyrrole nitrogens is 1. The number of hydrogen-bond acceptors (Lipinski definition) is 3. The van der Waals surface area contributed by atoms with Gasteiger partial charge in [0.2, 0.25) is 0 Å².